The van der Waals surface area contributed by atoms with Crippen LogP contribution in [0.25, 0.3) is 120 Å². The van der Waals surface area contributed by atoms with Crippen LogP contribution < -0.4 is 9.80 Å². The summed E-state index contributed by atoms with van der Waals surface area (Å²) in [5.41, 5.74) is 31.4. The van der Waals surface area contributed by atoms with Crippen LogP contribution in [0.5, 0.6) is 0 Å². The first-order valence-electron chi connectivity index (χ1n) is 35.8. The molecule has 18 aromatic carbocycles. The van der Waals surface area contributed by atoms with Crippen molar-refractivity contribution in [1.82, 2.24) is 0 Å². The van der Waals surface area contributed by atoms with E-state index < -0.39 is 10.8 Å². The van der Waals surface area contributed by atoms with Crippen molar-refractivity contribution >= 4 is 98.8 Å². The Morgan fingerprint density at radius 2 is 0.588 bits per heavy atom. The van der Waals surface area contributed by atoms with Crippen molar-refractivity contribution < 1.29 is 0 Å². The summed E-state index contributed by atoms with van der Waals surface area (Å²) in [6.45, 7) is 4.37. The average Bonchev–Trinajstić information content (AvgIpc) is 1.50. The molecule has 18 aromatic rings. The quantitative estimate of drug-likeness (QED) is 0.147. The molecular weight excluding hydrogens is 1230 g/mol. The Morgan fingerprint density at radius 3 is 1.15 bits per heavy atom. The number of para-hydroxylation sites is 1. The topological polar surface area (TPSA) is 6.48 Å². The third-order valence-electron chi connectivity index (χ3n) is 23.4. The number of aryl methyl sites for hydroxylation is 2. The Balaban J connectivity index is 0.751. The van der Waals surface area contributed by atoms with Gasteiger partial charge in [0.1, 0.15) is 0 Å². The van der Waals surface area contributed by atoms with Crippen LogP contribution in [-0.4, -0.2) is 0 Å². The number of hydrogen-bond acceptors (Lipinski definition) is 2. The van der Waals surface area contributed by atoms with Crippen LogP contribution in [-0.2, 0) is 10.8 Å². The van der Waals surface area contributed by atoms with E-state index in [1.165, 1.54) is 170 Å². The zero-order valence-corrected chi connectivity index (χ0v) is 56.4. The number of anilines is 6. The fraction of sp³-hybridized carbons (Fsp3) is 0.0400. The lowest BCUT2D eigenvalue weighted by molar-refractivity contribution is 0.803. The second-order valence-electron chi connectivity index (χ2n) is 28.6. The molecule has 22 rings (SSSR count). The van der Waals surface area contributed by atoms with E-state index >= 15 is 0 Å². The zero-order valence-electron chi connectivity index (χ0n) is 56.4. The second-order valence-corrected chi connectivity index (χ2v) is 28.6. The van der Waals surface area contributed by atoms with Crippen molar-refractivity contribution in [3.8, 4) is 55.6 Å². The van der Waals surface area contributed by atoms with Gasteiger partial charge in [-0.2, -0.15) is 0 Å². The molecule has 2 heteroatoms. The predicted octanol–water partition coefficient (Wildman–Crippen LogP) is 26.5. The van der Waals surface area contributed by atoms with Crippen molar-refractivity contribution in [3.05, 3.63) is 407 Å². The number of hydrogen-bond donors (Lipinski definition) is 0. The highest BCUT2D eigenvalue weighted by atomic mass is 15.1. The molecule has 0 aromatic heterocycles. The van der Waals surface area contributed by atoms with Crippen molar-refractivity contribution in [3.63, 3.8) is 0 Å². The van der Waals surface area contributed by atoms with Gasteiger partial charge < -0.3 is 9.80 Å². The molecule has 0 heterocycles. The van der Waals surface area contributed by atoms with Gasteiger partial charge in [-0.25, -0.2) is 0 Å². The number of fused-ring (bicyclic) bond motifs is 32. The summed E-state index contributed by atoms with van der Waals surface area (Å²) >= 11 is 0. The van der Waals surface area contributed by atoms with E-state index in [4.69, 9.17) is 0 Å². The van der Waals surface area contributed by atoms with E-state index in [-0.39, 0.29) is 0 Å². The van der Waals surface area contributed by atoms with Gasteiger partial charge >= 0.3 is 0 Å². The molecule has 474 valence electrons. The van der Waals surface area contributed by atoms with Crippen molar-refractivity contribution in [2.24, 2.45) is 0 Å². The van der Waals surface area contributed by atoms with Crippen LogP contribution in [0, 0.1) is 13.8 Å². The molecule has 0 amide bonds. The molecule has 0 saturated carbocycles. The van der Waals surface area contributed by atoms with E-state index in [0.717, 1.165) is 39.7 Å². The Bertz CT molecular complexity index is 6580. The molecule has 102 heavy (non-hydrogen) atoms. The molecule has 4 aliphatic carbocycles. The molecule has 0 atom stereocenters. The van der Waals surface area contributed by atoms with Gasteiger partial charge in [0.25, 0.3) is 0 Å². The van der Waals surface area contributed by atoms with Crippen molar-refractivity contribution in [2.45, 2.75) is 24.7 Å². The highest BCUT2D eigenvalue weighted by Gasteiger charge is 2.55. The molecule has 0 unspecified atom stereocenters. The van der Waals surface area contributed by atoms with Crippen LogP contribution >= 0.6 is 0 Å². The molecule has 2 nitrogen and oxygen atoms in total. The third kappa shape index (κ3) is 7.68. The van der Waals surface area contributed by atoms with Crippen LogP contribution in [0.1, 0.15) is 55.6 Å². The highest BCUT2D eigenvalue weighted by Crippen LogP contribution is 2.68. The van der Waals surface area contributed by atoms with Crippen molar-refractivity contribution in [1.29, 1.82) is 0 Å². The lowest BCUT2D eigenvalue weighted by Crippen LogP contribution is -2.26. The summed E-state index contributed by atoms with van der Waals surface area (Å²) in [5, 5.41) is 15.0. The Kier molecular flexibility index (Phi) is 11.9. The van der Waals surface area contributed by atoms with E-state index in [1.807, 2.05) is 0 Å². The third-order valence-corrected chi connectivity index (χ3v) is 23.4. The van der Waals surface area contributed by atoms with Gasteiger partial charge in [-0.05, 0) is 281 Å². The van der Waals surface area contributed by atoms with Crippen LogP contribution in [0.4, 0.5) is 34.1 Å². The van der Waals surface area contributed by atoms with Crippen LogP contribution in [0.3, 0.4) is 0 Å². The van der Waals surface area contributed by atoms with Gasteiger partial charge in [-0.15, -0.1) is 0 Å². The largest absolute Gasteiger partial charge is 0.310 e. The summed E-state index contributed by atoms with van der Waals surface area (Å²) in [7, 11) is 0. The maximum atomic E-state index is 2.57. The molecule has 2 spiro atoms. The first-order valence-corrected chi connectivity index (χ1v) is 35.8. The number of benzene rings is 18. The maximum absolute atomic E-state index is 2.57. The number of nitrogens with zero attached hydrogens (tertiary/aromatic N) is 2. The lowest BCUT2D eigenvalue weighted by atomic mass is 9.68. The SMILES string of the molecule is Cc1ccc(N(c2ccccc2)c2ccc3cc4c(cc3c2)C2(c3ccccc3-c3ccccc32)c2c-4c3ccccc3c3c(-c4cccc(N(c5cccc(C)c5)c5ccc6cc7c(cc6c5)C5(c6ccccc6-c6ccccc65)c5c-7c6ccccc6c6ccccc56)c4)cccc23)cc1. The number of rotatable bonds is 7. The maximum Gasteiger partial charge on any atom is 0.0731 e. The summed E-state index contributed by atoms with van der Waals surface area (Å²) < 4.78 is 0. The zero-order chi connectivity index (χ0) is 67.1. The summed E-state index contributed by atoms with van der Waals surface area (Å²) in [4.78, 5) is 4.88. The molecule has 0 radical (unpaired) electrons. The van der Waals surface area contributed by atoms with Gasteiger partial charge in [0.05, 0.1) is 10.8 Å². The van der Waals surface area contributed by atoms with Crippen LogP contribution in [0.2, 0.25) is 0 Å². The normalized spacial score (nSPS) is 13.5. The van der Waals surface area contributed by atoms with Gasteiger partial charge in [-0.1, -0.05) is 260 Å². The summed E-state index contributed by atoms with van der Waals surface area (Å²) in [6, 6.07) is 134. The first kappa shape index (κ1) is 57.1. The Morgan fingerprint density at radius 1 is 0.206 bits per heavy atom. The van der Waals surface area contributed by atoms with Gasteiger partial charge in [0.15, 0.2) is 0 Å². The monoisotopic (exact) mass is 1290 g/mol. The molecule has 0 aliphatic heterocycles. The van der Waals surface area contributed by atoms with Gasteiger partial charge in [0, 0.05) is 34.1 Å². The van der Waals surface area contributed by atoms with E-state index in [2.05, 4.69) is 375 Å². The van der Waals surface area contributed by atoms with Crippen molar-refractivity contribution in [2.75, 3.05) is 9.80 Å². The molecule has 0 fully saturated rings. The van der Waals surface area contributed by atoms with Gasteiger partial charge in [-0.3, -0.25) is 0 Å². The average molecular weight is 1290 g/mol. The second kappa shape index (κ2) is 21.3. The Hall–Kier alpha value is -12.9. The molecule has 0 bridgehead atoms. The lowest BCUT2D eigenvalue weighted by Gasteiger charge is -2.32. The Labute approximate surface area is 592 Å². The van der Waals surface area contributed by atoms with E-state index in [0.29, 0.717) is 0 Å². The summed E-state index contributed by atoms with van der Waals surface area (Å²) in [6.07, 6.45) is 0. The highest BCUT2D eigenvalue weighted by molar-refractivity contribution is 6.25. The molecule has 0 N–H and O–H groups in total. The van der Waals surface area contributed by atoms with Crippen LogP contribution in [0.15, 0.2) is 352 Å². The van der Waals surface area contributed by atoms with E-state index in [9.17, 15) is 0 Å². The standard InChI is InChI=1S/C100H64N2/c1-61-45-49-69(50-46-61)101(68-25-4-3-5-26-68)72-51-47-63-58-87-93(60-66(63)55-72)100(90-43-18-14-33-79(90)80-34-15-19-44-91(80)100)98-85-40-22-39-74(94(85)82-36-9-10-37-83(82)96(87)98)65-24-21-28-71(54-65)102(70-27-20-23-62(2)53-70)73-52-48-64-57-86-92(59-67(64)56-73)99(88-41-16-12-31-77(88)78-32-13-17-42-89(78)99)97-84-38-11-7-30-76(84)75-29-6-8-35-81(75)95(86)97/h3-60H,1-2H3. The van der Waals surface area contributed by atoms with E-state index in [1.54, 1.807) is 0 Å². The molecular formula is C100H64N2. The molecule has 4 aliphatic rings. The predicted molar refractivity (Wildman–Crippen MR) is 428 cm³/mol. The fourth-order valence-corrected chi connectivity index (χ4v) is 19.4. The first-order chi connectivity index (χ1) is 50.4. The smallest absolute Gasteiger partial charge is 0.0731 e. The minimum Gasteiger partial charge on any atom is -0.310 e. The van der Waals surface area contributed by atoms with Gasteiger partial charge in [0.2, 0.25) is 0 Å². The minimum atomic E-state index is -0.645. The summed E-state index contributed by atoms with van der Waals surface area (Å²) in [5.74, 6) is 0. The minimum absolute atomic E-state index is 0.558. The molecule has 0 saturated heterocycles. The fourth-order valence-electron chi connectivity index (χ4n) is 19.4.